The van der Waals surface area contributed by atoms with Crippen molar-refractivity contribution in [1.29, 1.82) is 0 Å². The molecule has 0 nitrogen and oxygen atoms in total. The lowest BCUT2D eigenvalue weighted by molar-refractivity contribution is 1.01. The van der Waals surface area contributed by atoms with Gasteiger partial charge in [0.05, 0.1) is 0 Å². The van der Waals surface area contributed by atoms with Gasteiger partial charge in [0.15, 0.2) is 8.07 Å². The van der Waals surface area contributed by atoms with Gasteiger partial charge in [-0.05, 0) is 40.4 Å². The Hall–Kier alpha value is -2.64. The summed E-state index contributed by atoms with van der Waals surface area (Å²) < 4.78 is 0. The summed E-state index contributed by atoms with van der Waals surface area (Å²) in [5, 5.41) is 6.04. The molecule has 0 fully saturated rings. The molecule has 0 radical (unpaired) electrons. The maximum atomic E-state index is 2.39. The van der Waals surface area contributed by atoms with Crippen LogP contribution in [-0.4, -0.2) is 8.07 Å². The monoisotopic (exact) mass is 366 g/mol. The number of benzene rings is 3. The Labute approximate surface area is 163 Å². The first-order chi connectivity index (χ1) is 13.4. The molecule has 1 aliphatic carbocycles. The molecule has 0 saturated heterocycles. The predicted octanol–water partition coefficient (Wildman–Crippen LogP) is 4.53. The van der Waals surface area contributed by atoms with Gasteiger partial charge in [0, 0.05) is 0 Å². The van der Waals surface area contributed by atoms with Crippen LogP contribution < -0.4 is 15.6 Å². The van der Waals surface area contributed by atoms with Crippen molar-refractivity contribution < 1.29 is 0 Å². The second-order valence-corrected chi connectivity index (χ2v) is 11.1. The highest BCUT2D eigenvalue weighted by Gasteiger charge is 2.42. The lowest BCUT2D eigenvalue weighted by atomic mass is 10.2. The van der Waals surface area contributed by atoms with Crippen molar-refractivity contribution in [3.05, 3.63) is 114 Å². The summed E-state index contributed by atoms with van der Waals surface area (Å²) in [4.78, 5) is 0. The van der Waals surface area contributed by atoms with Gasteiger partial charge in [-0.25, -0.2) is 0 Å². The smallest absolute Gasteiger partial charge is 0.0842 e. The van der Waals surface area contributed by atoms with Gasteiger partial charge in [0.1, 0.15) is 0 Å². The highest BCUT2D eigenvalue weighted by atomic mass is 28.3. The SMILES string of the molecule is CCc1ccc([Si](C2=CC=CCC2)(c2ccccc2)c2ccccc2)cc1. The summed E-state index contributed by atoms with van der Waals surface area (Å²) in [6, 6.07) is 31.8. The van der Waals surface area contributed by atoms with Gasteiger partial charge in [-0.3, -0.25) is 0 Å². The fourth-order valence-corrected chi connectivity index (χ4v) is 9.37. The van der Waals surface area contributed by atoms with E-state index in [0.717, 1.165) is 19.3 Å². The molecule has 0 N–H and O–H groups in total. The molecule has 0 unspecified atom stereocenters. The van der Waals surface area contributed by atoms with E-state index in [4.69, 9.17) is 0 Å². The first-order valence-electron chi connectivity index (χ1n) is 9.92. The second-order valence-electron chi connectivity index (χ2n) is 7.19. The summed E-state index contributed by atoms with van der Waals surface area (Å²) in [6.07, 6.45) is 10.3. The first-order valence-corrected chi connectivity index (χ1v) is 11.9. The molecule has 1 heteroatoms. The van der Waals surface area contributed by atoms with Gasteiger partial charge in [0.25, 0.3) is 0 Å². The average Bonchev–Trinajstić information content (AvgIpc) is 2.77. The third kappa shape index (κ3) is 3.24. The van der Waals surface area contributed by atoms with Gasteiger partial charge in [0.2, 0.25) is 0 Å². The molecule has 3 aromatic rings. The van der Waals surface area contributed by atoms with Crippen molar-refractivity contribution in [1.82, 2.24) is 0 Å². The van der Waals surface area contributed by atoms with Crippen LogP contribution in [0.25, 0.3) is 0 Å². The molecule has 0 aromatic heterocycles. The third-order valence-electron chi connectivity index (χ3n) is 5.70. The van der Waals surface area contributed by atoms with Crippen LogP contribution in [0.5, 0.6) is 0 Å². The van der Waals surface area contributed by atoms with E-state index in [1.165, 1.54) is 21.1 Å². The molecule has 0 atom stereocenters. The zero-order chi connectivity index (χ0) is 18.5. The molecular formula is C26H26Si. The van der Waals surface area contributed by atoms with Crippen LogP contribution in [0.2, 0.25) is 0 Å². The molecule has 27 heavy (non-hydrogen) atoms. The lowest BCUT2D eigenvalue weighted by Gasteiger charge is -2.37. The lowest BCUT2D eigenvalue weighted by Crippen LogP contribution is -2.68. The number of hydrogen-bond donors (Lipinski definition) is 0. The van der Waals surface area contributed by atoms with Crippen molar-refractivity contribution >= 4 is 23.6 Å². The molecule has 1 aliphatic rings. The Morgan fingerprint density at radius 2 is 1.26 bits per heavy atom. The van der Waals surface area contributed by atoms with E-state index in [1.807, 2.05) is 0 Å². The highest BCUT2D eigenvalue weighted by Crippen LogP contribution is 2.24. The summed E-state index contributed by atoms with van der Waals surface area (Å²) in [7, 11) is -2.25. The van der Waals surface area contributed by atoms with Crippen LogP contribution >= 0.6 is 0 Å². The highest BCUT2D eigenvalue weighted by molar-refractivity contribution is 7.16. The number of aryl methyl sites for hydroxylation is 1. The van der Waals surface area contributed by atoms with Crippen LogP contribution in [0.15, 0.2) is 108 Å². The van der Waals surface area contributed by atoms with Crippen LogP contribution in [0, 0.1) is 0 Å². The molecule has 134 valence electrons. The molecule has 0 saturated carbocycles. The van der Waals surface area contributed by atoms with E-state index >= 15 is 0 Å². The Kier molecular flexibility index (Phi) is 5.22. The molecular weight excluding hydrogens is 340 g/mol. The van der Waals surface area contributed by atoms with E-state index in [2.05, 4.69) is 110 Å². The molecule has 0 aliphatic heterocycles. The molecule has 0 bridgehead atoms. The Balaban J connectivity index is 2.05. The van der Waals surface area contributed by atoms with E-state index in [-0.39, 0.29) is 0 Å². The first kappa shape index (κ1) is 17.8. The summed E-state index contributed by atoms with van der Waals surface area (Å²) in [6.45, 7) is 2.22. The predicted molar refractivity (Wildman–Crippen MR) is 120 cm³/mol. The largest absolute Gasteiger partial charge is 0.175 e. The van der Waals surface area contributed by atoms with Gasteiger partial charge in [-0.1, -0.05) is 115 Å². The van der Waals surface area contributed by atoms with Crippen molar-refractivity contribution in [2.45, 2.75) is 26.2 Å². The fourth-order valence-electron chi connectivity index (χ4n) is 4.34. The Morgan fingerprint density at radius 3 is 1.74 bits per heavy atom. The maximum Gasteiger partial charge on any atom is 0.175 e. The molecule has 0 amide bonds. The van der Waals surface area contributed by atoms with E-state index in [0.29, 0.717) is 0 Å². The van der Waals surface area contributed by atoms with Crippen molar-refractivity contribution in [2.75, 3.05) is 0 Å². The quantitative estimate of drug-likeness (QED) is 0.459. The topological polar surface area (TPSA) is 0 Å². The van der Waals surface area contributed by atoms with Gasteiger partial charge >= 0.3 is 0 Å². The minimum absolute atomic E-state index is 1.08. The summed E-state index contributed by atoms with van der Waals surface area (Å²) in [5.41, 5.74) is 1.40. The zero-order valence-corrected chi connectivity index (χ0v) is 16.9. The van der Waals surface area contributed by atoms with E-state index in [1.54, 1.807) is 5.20 Å². The van der Waals surface area contributed by atoms with Crippen molar-refractivity contribution in [3.63, 3.8) is 0 Å². The third-order valence-corrected chi connectivity index (χ3v) is 10.7. The number of rotatable bonds is 5. The second kappa shape index (κ2) is 7.94. The number of allylic oxidation sites excluding steroid dienone is 4. The zero-order valence-electron chi connectivity index (χ0n) is 15.9. The average molecular weight is 367 g/mol. The molecule has 0 heterocycles. The number of hydrogen-bond acceptors (Lipinski definition) is 0. The fraction of sp³-hybridized carbons (Fsp3) is 0.154. The van der Waals surface area contributed by atoms with Crippen molar-refractivity contribution in [3.8, 4) is 0 Å². The van der Waals surface area contributed by atoms with Crippen LogP contribution in [0.4, 0.5) is 0 Å². The van der Waals surface area contributed by atoms with Gasteiger partial charge < -0.3 is 0 Å². The Morgan fingerprint density at radius 1 is 0.704 bits per heavy atom. The summed E-state index contributed by atoms with van der Waals surface area (Å²) in [5.74, 6) is 0. The van der Waals surface area contributed by atoms with Gasteiger partial charge in [-0.2, -0.15) is 0 Å². The molecule has 4 rings (SSSR count). The Bertz CT molecular complexity index is 895. The van der Waals surface area contributed by atoms with E-state index in [9.17, 15) is 0 Å². The van der Waals surface area contributed by atoms with Crippen LogP contribution in [0.1, 0.15) is 25.3 Å². The minimum atomic E-state index is -2.25. The van der Waals surface area contributed by atoms with E-state index < -0.39 is 8.07 Å². The van der Waals surface area contributed by atoms with Crippen LogP contribution in [-0.2, 0) is 6.42 Å². The minimum Gasteiger partial charge on any atom is -0.0842 e. The van der Waals surface area contributed by atoms with Gasteiger partial charge in [-0.15, -0.1) is 0 Å². The van der Waals surface area contributed by atoms with Crippen LogP contribution in [0.3, 0.4) is 0 Å². The maximum absolute atomic E-state index is 2.39. The normalized spacial score (nSPS) is 14.0. The summed E-state index contributed by atoms with van der Waals surface area (Å²) >= 11 is 0. The standard InChI is InChI=1S/C26H26Si/c1-2-22-18-20-26(21-19-22)27(23-12-6-3-7-13-23,24-14-8-4-9-15-24)25-16-10-5-11-17-25/h3-10,12-16,18-21H,2,11,17H2,1H3. The molecule has 0 spiro atoms. The molecule has 3 aromatic carbocycles. The van der Waals surface area contributed by atoms with Crippen molar-refractivity contribution in [2.24, 2.45) is 0 Å².